The number of aromatic hydroxyl groups is 1. The highest BCUT2D eigenvalue weighted by Crippen LogP contribution is 2.64. The zero-order valence-corrected chi connectivity index (χ0v) is 29.4. The molecular formula is C38H33Cl2N5O6. The third-order valence-corrected chi connectivity index (χ3v) is 12.3. The molecule has 1 N–H and O–H groups in total. The number of rotatable bonds is 5. The molecule has 0 aromatic heterocycles. The van der Waals surface area contributed by atoms with Gasteiger partial charge in [0.25, 0.3) is 11.8 Å². The van der Waals surface area contributed by atoms with Crippen LogP contribution in [0.15, 0.2) is 100 Å². The molecule has 4 amide bonds. The van der Waals surface area contributed by atoms with Gasteiger partial charge in [0.1, 0.15) is 11.5 Å². The van der Waals surface area contributed by atoms with Gasteiger partial charge in [0.2, 0.25) is 11.8 Å². The van der Waals surface area contributed by atoms with Crippen molar-refractivity contribution in [2.75, 3.05) is 30.9 Å². The van der Waals surface area contributed by atoms with E-state index in [0.29, 0.717) is 39.5 Å². The Morgan fingerprint density at radius 1 is 0.882 bits per heavy atom. The summed E-state index contributed by atoms with van der Waals surface area (Å²) in [5, 5.41) is 18.8. The number of carbonyl (C=O) groups excluding carboxylic acids is 4. The number of halogens is 2. The number of alkyl halides is 2. The largest absolute Gasteiger partial charge is 0.508 e. The molecule has 6 atom stereocenters. The van der Waals surface area contributed by atoms with Gasteiger partial charge in [-0.1, -0.05) is 11.6 Å². The molecule has 5 aliphatic rings. The van der Waals surface area contributed by atoms with E-state index in [1.54, 1.807) is 36.4 Å². The number of allylic oxidation sites excluding steroid dienone is 3. The molecule has 2 aliphatic carbocycles. The molecule has 51 heavy (non-hydrogen) atoms. The summed E-state index contributed by atoms with van der Waals surface area (Å²) < 4.78 is 5.95. The fourth-order valence-electron chi connectivity index (χ4n) is 8.41. The van der Waals surface area contributed by atoms with Crippen LogP contribution in [0.2, 0.25) is 0 Å². The fourth-order valence-corrected chi connectivity index (χ4v) is 9.44. The van der Waals surface area contributed by atoms with Crippen molar-refractivity contribution in [2.24, 2.45) is 33.9 Å². The highest BCUT2D eigenvalue weighted by atomic mass is 35.5. The van der Waals surface area contributed by atoms with E-state index in [1.165, 1.54) is 24.3 Å². The van der Waals surface area contributed by atoms with Crippen LogP contribution in [0.4, 0.5) is 22.7 Å². The molecule has 3 fully saturated rings. The molecule has 0 bridgehead atoms. The minimum absolute atomic E-state index is 0.0418. The summed E-state index contributed by atoms with van der Waals surface area (Å²) in [5.41, 5.74) is 4.56. The molecule has 8 rings (SSSR count). The lowest BCUT2D eigenvalue weighted by Crippen LogP contribution is -2.61. The van der Waals surface area contributed by atoms with Crippen LogP contribution >= 0.6 is 23.2 Å². The van der Waals surface area contributed by atoms with Crippen LogP contribution in [0.1, 0.15) is 18.4 Å². The maximum atomic E-state index is 14.4. The van der Waals surface area contributed by atoms with Gasteiger partial charge in [-0.3, -0.25) is 29.0 Å². The number of amides is 4. The third-order valence-electron chi connectivity index (χ3n) is 10.9. The molecule has 3 aromatic rings. The molecule has 0 spiro atoms. The van der Waals surface area contributed by atoms with Crippen LogP contribution in [0, 0.1) is 23.7 Å². The van der Waals surface area contributed by atoms with E-state index < -0.39 is 51.1 Å². The predicted molar refractivity (Wildman–Crippen MR) is 191 cm³/mol. The first-order valence-corrected chi connectivity index (χ1v) is 17.3. The predicted octanol–water partition coefficient (Wildman–Crippen LogP) is 6.42. The van der Waals surface area contributed by atoms with Crippen LogP contribution < -0.4 is 14.5 Å². The lowest BCUT2D eigenvalue weighted by atomic mass is 9.56. The normalized spacial score (nSPS) is 29.7. The van der Waals surface area contributed by atoms with Crippen molar-refractivity contribution in [2.45, 2.75) is 29.0 Å². The summed E-state index contributed by atoms with van der Waals surface area (Å²) >= 11 is 14.6. The van der Waals surface area contributed by atoms with Crippen molar-refractivity contribution in [1.82, 2.24) is 4.90 Å². The number of nitrogens with zero attached hydrogens (tertiary/aromatic N) is 5. The van der Waals surface area contributed by atoms with E-state index in [4.69, 9.17) is 27.9 Å². The van der Waals surface area contributed by atoms with Crippen LogP contribution in [-0.4, -0.2) is 64.5 Å². The zero-order valence-electron chi connectivity index (χ0n) is 27.9. The first-order valence-electron chi connectivity index (χ1n) is 16.6. The van der Waals surface area contributed by atoms with Gasteiger partial charge in [-0.15, -0.1) is 23.2 Å². The monoisotopic (exact) mass is 725 g/mol. The Balaban J connectivity index is 1.11. The number of anilines is 2. The second-order valence-electron chi connectivity index (χ2n) is 13.9. The summed E-state index contributed by atoms with van der Waals surface area (Å²) in [6.07, 6.45) is 3.78. The van der Waals surface area contributed by atoms with Crippen molar-refractivity contribution >= 4 is 69.6 Å². The van der Waals surface area contributed by atoms with Crippen LogP contribution in [0.3, 0.4) is 0 Å². The van der Waals surface area contributed by atoms with Crippen LogP contribution in [0.25, 0.3) is 0 Å². The van der Waals surface area contributed by atoms with E-state index in [2.05, 4.69) is 10.2 Å². The van der Waals surface area contributed by atoms with Gasteiger partial charge >= 0.3 is 0 Å². The molecule has 260 valence electrons. The molecule has 13 heteroatoms. The topological polar surface area (TPSA) is 132 Å². The SMILES string of the molecule is CN1C(=O)C2(Cl)CC3C(=CCC4C(=O)N(c5ccc(N=Nc6ccc(N(C)C)cc6)cc5)C(=O)C43)C(C3=COc4ccc(O)cc4C3)C2(Cl)C1=O. The summed E-state index contributed by atoms with van der Waals surface area (Å²) in [6.45, 7) is 0. The van der Waals surface area contributed by atoms with Gasteiger partial charge in [-0.05, 0) is 91.1 Å². The number of phenols is 1. The number of benzene rings is 3. The molecule has 11 nitrogen and oxygen atoms in total. The van der Waals surface area contributed by atoms with E-state index in [-0.39, 0.29) is 30.9 Å². The van der Waals surface area contributed by atoms with Crippen molar-refractivity contribution < 1.29 is 29.0 Å². The Kier molecular flexibility index (Phi) is 7.66. The minimum atomic E-state index is -1.91. The number of hydrogen-bond acceptors (Lipinski definition) is 9. The average Bonchev–Trinajstić information content (AvgIpc) is 3.45. The summed E-state index contributed by atoms with van der Waals surface area (Å²) in [6, 6.07) is 19.0. The van der Waals surface area contributed by atoms with E-state index in [1.807, 2.05) is 49.3 Å². The number of likely N-dealkylation sites (tertiary alicyclic amines) is 1. The van der Waals surface area contributed by atoms with Gasteiger partial charge in [0.15, 0.2) is 9.75 Å². The Morgan fingerprint density at radius 3 is 2.22 bits per heavy atom. The average molecular weight is 727 g/mol. The standard InChI is InChI=1S/C38H33Cl2N5O6/c1-43(2)24-8-4-22(5-9-24)41-42-23-6-10-25(11-7-23)45-33(47)28-14-13-27-29(31(28)34(45)48)18-37(39)35(49)44(3)36(50)38(37,40)32(27)21-16-20-17-26(46)12-15-30(20)51-19-21/h4-13,15,17,19,28-29,31-32,46H,14,16,18H2,1-3H3. The number of imide groups is 2. The smallest absolute Gasteiger partial charge is 0.253 e. The maximum Gasteiger partial charge on any atom is 0.253 e. The molecule has 6 unspecified atom stereocenters. The van der Waals surface area contributed by atoms with E-state index in [9.17, 15) is 24.3 Å². The highest BCUT2D eigenvalue weighted by Gasteiger charge is 2.76. The fraction of sp³-hybridized carbons (Fsp3) is 0.316. The lowest BCUT2D eigenvalue weighted by molar-refractivity contribution is -0.138. The number of ether oxygens (including phenoxy) is 1. The van der Waals surface area contributed by atoms with Gasteiger partial charge in [0.05, 0.1) is 35.2 Å². The third kappa shape index (κ3) is 4.85. The number of azo groups is 1. The van der Waals surface area contributed by atoms with Crippen LogP contribution in [-0.2, 0) is 25.6 Å². The number of carbonyl (C=O) groups is 4. The van der Waals surface area contributed by atoms with E-state index in [0.717, 1.165) is 10.6 Å². The highest BCUT2D eigenvalue weighted by molar-refractivity contribution is 6.53. The number of phenolic OH excluding ortho intramolecular Hbond substituents is 1. The van der Waals surface area contributed by atoms with Gasteiger partial charge in [-0.25, -0.2) is 0 Å². The molecule has 1 saturated carbocycles. The molecule has 3 aliphatic heterocycles. The Morgan fingerprint density at radius 2 is 1.55 bits per heavy atom. The number of hydrogen-bond donors (Lipinski definition) is 1. The molecular weight excluding hydrogens is 693 g/mol. The number of fused-ring (bicyclic) bond motifs is 5. The first-order chi connectivity index (χ1) is 24.3. The summed E-state index contributed by atoms with van der Waals surface area (Å²) in [4.78, 5) is 56.3. The Bertz CT molecular complexity index is 2120. The first kappa shape index (κ1) is 33.2. The van der Waals surface area contributed by atoms with Crippen LogP contribution in [0.5, 0.6) is 11.5 Å². The van der Waals surface area contributed by atoms with Gasteiger partial charge in [0, 0.05) is 44.7 Å². The molecule has 3 aromatic carbocycles. The van der Waals surface area contributed by atoms with Crippen molar-refractivity contribution in [3.05, 3.63) is 95.8 Å². The van der Waals surface area contributed by atoms with Crippen molar-refractivity contribution in [3.8, 4) is 11.5 Å². The Labute approximate surface area is 303 Å². The minimum Gasteiger partial charge on any atom is -0.508 e. The lowest BCUT2D eigenvalue weighted by Gasteiger charge is -2.51. The molecule has 2 saturated heterocycles. The molecule has 0 radical (unpaired) electrons. The van der Waals surface area contributed by atoms with E-state index >= 15 is 0 Å². The Hall–Kier alpha value is -5.00. The summed E-state index contributed by atoms with van der Waals surface area (Å²) in [7, 11) is 5.26. The van der Waals surface area contributed by atoms with Gasteiger partial charge < -0.3 is 14.7 Å². The van der Waals surface area contributed by atoms with Crippen molar-refractivity contribution in [1.29, 1.82) is 0 Å². The second kappa shape index (κ2) is 11.8. The summed E-state index contributed by atoms with van der Waals surface area (Å²) in [5.74, 6) is -4.60. The quantitative estimate of drug-likeness (QED) is 0.139. The second-order valence-corrected chi connectivity index (χ2v) is 15.2. The maximum absolute atomic E-state index is 14.4. The van der Waals surface area contributed by atoms with Gasteiger partial charge in [-0.2, -0.15) is 10.2 Å². The van der Waals surface area contributed by atoms with Crippen molar-refractivity contribution in [3.63, 3.8) is 0 Å². The molecule has 3 heterocycles. The zero-order chi connectivity index (χ0) is 36.0.